The maximum Gasteiger partial charge on any atom is 0.276 e. The van der Waals surface area contributed by atoms with E-state index in [1.165, 1.54) is 4.90 Å². The number of carbonyl (C=O) groups is 4. The zero-order chi connectivity index (χ0) is 75.0. The first kappa shape index (κ1) is 97.6. The third kappa shape index (κ3) is 65.9. The maximum atomic E-state index is 14.3. The first-order valence-corrected chi connectivity index (χ1v) is 36.5. The topological polar surface area (TPSA) is 393 Å². The number of nitrogens with two attached hydrogens (primary N) is 1. The van der Waals surface area contributed by atoms with Crippen LogP contribution in [0.4, 0.5) is 11.6 Å². The van der Waals surface area contributed by atoms with Crippen LogP contribution in [-0.2, 0) is 123 Å². The van der Waals surface area contributed by atoms with Gasteiger partial charge in [-0.25, -0.2) is 9.97 Å². The lowest BCUT2D eigenvalue weighted by molar-refractivity contribution is -0.123. The number of carbonyl (C=O) groups excluding carboxylic acids is 4. The van der Waals surface area contributed by atoms with E-state index in [1.54, 1.807) is 14.2 Å². The molecule has 0 spiro atoms. The summed E-state index contributed by atoms with van der Waals surface area (Å²) in [7, 11) is 3.27. The zero-order valence-electron chi connectivity index (χ0n) is 62.9. The maximum absolute atomic E-state index is 14.3. The highest BCUT2D eigenvalue weighted by molar-refractivity contribution is 6.01. The Morgan fingerprint density at radius 1 is 0.288 bits per heavy atom. The van der Waals surface area contributed by atoms with Crippen molar-refractivity contribution in [3.63, 3.8) is 0 Å². The Labute approximate surface area is 616 Å². The summed E-state index contributed by atoms with van der Waals surface area (Å²) in [5, 5.41) is 11.8. The first-order valence-electron chi connectivity index (χ1n) is 36.5. The van der Waals surface area contributed by atoms with Gasteiger partial charge in [-0.15, -0.1) is 0 Å². The van der Waals surface area contributed by atoms with Gasteiger partial charge >= 0.3 is 0 Å². The molecule has 0 radical (unpaired) electrons. The lowest BCUT2D eigenvalue weighted by Gasteiger charge is -2.24. The molecule has 0 saturated carbocycles. The molecule has 1 heterocycles. The molecule has 0 aliphatic heterocycles. The summed E-state index contributed by atoms with van der Waals surface area (Å²) >= 11 is 0. The lowest BCUT2D eigenvalue weighted by atomic mass is 10.2. The van der Waals surface area contributed by atoms with Gasteiger partial charge in [-0.3, -0.25) is 19.2 Å². The fourth-order valence-corrected chi connectivity index (χ4v) is 8.01. The van der Waals surface area contributed by atoms with Crippen LogP contribution in [0.5, 0.6) is 0 Å². The number of ether oxygens (including phenoxy) is 24. The first-order chi connectivity index (χ1) is 51.3. The normalized spacial score (nSPS) is 11.5. The summed E-state index contributed by atoms with van der Waals surface area (Å²) in [6, 6.07) is 0. The molecule has 36 heteroatoms. The summed E-state index contributed by atoms with van der Waals surface area (Å²) in [6.07, 6.45) is 1.52. The second-order valence-corrected chi connectivity index (χ2v) is 21.8. The van der Waals surface area contributed by atoms with Crippen molar-refractivity contribution in [3.05, 3.63) is 11.4 Å². The van der Waals surface area contributed by atoms with Crippen LogP contribution in [0.25, 0.3) is 0 Å². The molecular formula is C68H130N8O28. The molecule has 0 bridgehead atoms. The Hall–Kier alpha value is -4.40. The largest absolute Gasteiger partial charge is 0.382 e. The summed E-state index contributed by atoms with van der Waals surface area (Å²) < 4.78 is 131. The second-order valence-electron chi connectivity index (χ2n) is 21.8. The molecule has 1 rings (SSSR count). The quantitative estimate of drug-likeness (QED) is 0.0549. The standard InChI is InChI=1S/C68H130N8O28/c1-5-9-72-66-63(65(69)79)74-67(73-10-6-2)64(75-66)68(80)76(13-11-70-61(77)7-15-83-21-23-87-29-31-91-37-39-95-45-47-99-53-55-103-59-57-101-51-49-97-43-41-93-35-33-89-27-25-85-19-17-81-3)14-12-71-62(78)8-16-84-22-24-88-30-32-92-38-40-96-46-48-100-54-56-104-60-58-102-52-50-98-44-42-94-36-34-90-28-26-86-20-18-82-4/h5-60H2,1-4H3,(H2,69,79)(H,70,77)(H,71,78)(H,72,75)(H,73,74). The number of amides is 4. The summed E-state index contributed by atoms with van der Waals surface area (Å²) in [4.78, 5) is 62.9. The van der Waals surface area contributed by atoms with Crippen molar-refractivity contribution in [2.75, 3.05) is 368 Å². The minimum Gasteiger partial charge on any atom is -0.382 e. The fraction of sp³-hybridized carbons (Fsp3) is 0.882. The third-order valence-electron chi connectivity index (χ3n) is 13.4. The van der Waals surface area contributed by atoms with Crippen LogP contribution in [0.2, 0.25) is 0 Å². The smallest absolute Gasteiger partial charge is 0.276 e. The van der Waals surface area contributed by atoms with E-state index in [9.17, 15) is 19.2 Å². The second kappa shape index (κ2) is 79.6. The number of hydrogen-bond donors (Lipinski definition) is 5. The van der Waals surface area contributed by atoms with E-state index >= 15 is 0 Å². The SMILES string of the molecule is CCCNc1nc(C(=O)N(CCNC(=O)CCOCCOCCOCCOCCOCCOCCOCCOCCOCCOCCOCCOC)CCNC(=O)CCOCCOCCOCCOCCOCCOCCOCCOCCOCCOCCOCCOC)c(NCCC)nc1C(N)=O. The van der Waals surface area contributed by atoms with Gasteiger partial charge in [0.05, 0.1) is 304 Å². The third-order valence-corrected chi connectivity index (χ3v) is 13.4. The van der Waals surface area contributed by atoms with Gasteiger partial charge in [0.2, 0.25) is 11.8 Å². The van der Waals surface area contributed by atoms with Crippen molar-refractivity contribution in [2.45, 2.75) is 39.5 Å². The van der Waals surface area contributed by atoms with Crippen molar-refractivity contribution in [1.29, 1.82) is 0 Å². The van der Waals surface area contributed by atoms with Crippen molar-refractivity contribution in [3.8, 4) is 0 Å². The highest BCUT2D eigenvalue weighted by atomic mass is 16.6. The van der Waals surface area contributed by atoms with Gasteiger partial charge in [0, 0.05) is 66.3 Å². The minimum atomic E-state index is -0.814. The van der Waals surface area contributed by atoms with E-state index in [2.05, 4.69) is 31.2 Å². The Balaban J connectivity index is 2.18. The lowest BCUT2D eigenvalue weighted by Crippen LogP contribution is -2.43. The van der Waals surface area contributed by atoms with Crippen LogP contribution in [-0.4, -0.2) is 396 Å². The minimum absolute atomic E-state index is 0.0514. The average Bonchev–Trinajstić information content (AvgIpc) is 0.802. The molecule has 0 aliphatic rings. The number of rotatable bonds is 86. The fourth-order valence-electron chi connectivity index (χ4n) is 8.01. The van der Waals surface area contributed by atoms with Crippen LogP contribution in [0.15, 0.2) is 0 Å². The van der Waals surface area contributed by atoms with E-state index in [0.29, 0.717) is 303 Å². The van der Waals surface area contributed by atoms with Crippen molar-refractivity contribution in [1.82, 2.24) is 25.5 Å². The van der Waals surface area contributed by atoms with Gasteiger partial charge in [0.15, 0.2) is 23.0 Å². The molecule has 610 valence electrons. The number of nitrogens with zero attached hydrogens (tertiary/aromatic N) is 3. The monoisotopic (exact) mass is 1510 g/mol. The summed E-state index contributed by atoms with van der Waals surface area (Å²) in [6.45, 7) is 25.2. The predicted octanol–water partition coefficient (Wildman–Crippen LogP) is 0.332. The molecule has 4 amide bonds. The molecule has 0 aliphatic carbocycles. The van der Waals surface area contributed by atoms with E-state index in [1.807, 2.05) is 13.8 Å². The molecule has 104 heavy (non-hydrogen) atoms. The molecule has 36 nitrogen and oxygen atoms in total. The van der Waals surface area contributed by atoms with Crippen LogP contribution in [0, 0.1) is 0 Å². The van der Waals surface area contributed by atoms with Gasteiger partial charge in [-0.1, -0.05) is 13.8 Å². The number of hydrogen-bond acceptors (Lipinski definition) is 32. The molecular weight excluding hydrogens is 1380 g/mol. The molecule has 1 aromatic rings. The van der Waals surface area contributed by atoms with Crippen molar-refractivity contribution < 1.29 is 133 Å². The Morgan fingerprint density at radius 3 is 0.683 bits per heavy atom. The number of primary amides is 1. The number of anilines is 2. The Kier molecular flexibility index (Phi) is 74.7. The Morgan fingerprint density at radius 2 is 0.481 bits per heavy atom. The highest BCUT2D eigenvalue weighted by Gasteiger charge is 2.26. The molecule has 0 fully saturated rings. The van der Waals surface area contributed by atoms with E-state index in [4.69, 9.17) is 119 Å². The molecule has 6 N–H and O–H groups in total. The van der Waals surface area contributed by atoms with Gasteiger partial charge in [-0.05, 0) is 12.8 Å². The molecule has 0 saturated heterocycles. The van der Waals surface area contributed by atoms with Gasteiger partial charge in [0.1, 0.15) is 0 Å². The number of methoxy groups -OCH3 is 2. The number of nitrogens with one attached hydrogen (secondary N) is 4. The van der Waals surface area contributed by atoms with Gasteiger partial charge in [-0.2, -0.15) is 0 Å². The van der Waals surface area contributed by atoms with E-state index in [-0.39, 0.29) is 100 Å². The van der Waals surface area contributed by atoms with Crippen LogP contribution in [0.3, 0.4) is 0 Å². The molecule has 0 atom stereocenters. The van der Waals surface area contributed by atoms with Crippen LogP contribution >= 0.6 is 0 Å². The van der Waals surface area contributed by atoms with E-state index in [0.717, 1.165) is 0 Å². The van der Waals surface area contributed by atoms with Gasteiger partial charge < -0.3 is 146 Å². The van der Waals surface area contributed by atoms with Crippen LogP contribution < -0.4 is 27.0 Å². The summed E-state index contributed by atoms with van der Waals surface area (Å²) in [5.74, 6) is -1.79. The summed E-state index contributed by atoms with van der Waals surface area (Å²) in [5.41, 5.74) is 5.50. The van der Waals surface area contributed by atoms with Gasteiger partial charge in [0.25, 0.3) is 11.8 Å². The average molecular weight is 1510 g/mol. The zero-order valence-corrected chi connectivity index (χ0v) is 62.9. The molecule has 0 unspecified atom stereocenters. The number of aromatic nitrogens is 2. The Bertz CT molecular complexity index is 1970. The highest BCUT2D eigenvalue weighted by Crippen LogP contribution is 2.20. The predicted molar refractivity (Wildman–Crippen MR) is 381 cm³/mol. The molecule has 1 aromatic heterocycles. The molecule has 0 aromatic carbocycles. The van der Waals surface area contributed by atoms with Crippen molar-refractivity contribution in [2.24, 2.45) is 5.73 Å². The van der Waals surface area contributed by atoms with Crippen molar-refractivity contribution >= 4 is 35.3 Å². The van der Waals surface area contributed by atoms with E-state index < -0.39 is 11.8 Å². The van der Waals surface area contributed by atoms with Crippen LogP contribution in [0.1, 0.15) is 60.5 Å².